The van der Waals surface area contributed by atoms with Crippen molar-refractivity contribution in [1.82, 2.24) is 9.62 Å². The topological polar surface area (TPSA) is 75.7 Å². The van der Waals surface area contributed by atoms with E-state index < -0.39 is 10.0 Å². The molecule has 1 aromatic carbocycles. The molecule has 6 nitrogen and oxygen atoms in total. The number of rotatable bonds is 4. The van der Waals surface area contributed by atoms with Gasteiger partial charge in [-0.1, -0.05) is 32.8 Å². The molecule has 1 aliphatic heterocycles. The summed E-state index contributed by atoms with van der Waals surface area (Å²) in [6.45, 7) is 8.78. The highest BCUT2D eigenvalue weighted by Crippen LogP contribution is 2.30. The minimum atomic E-state index is -3.66. The van der Waals surface area contributed by atoms with Gasteiger partial charge in [0.25, 0.3) is 5.91 Å². The van der Waals surface area contributed by atoms with Crippen molar-refractivity contribution in [3.05, 3.63) is 29.8 Å². The van der Waals surface area contributed by atoms with Gasteiger partial charge in [-0.05, 0) is 50.3 Å². The van der Waals surface area contributed by atoms with Crippen LogP contribution in [0.3, 0.4) is 0 Å². The first kappa shape index (κ1) is 21.3. The van der Waals surface area contributed by atoms with Gasteiger partial charge in [0, 0.05) is 24.7 Å². The Kier molecular flexibility index (Phi) is 6.47. The Labute approximate surface area is 168 Å². The third kappa shape index (κ3) is 4.58. The normalized spacial score (nSPS) is 32.1. The van der Waals surface area contributed by atoms with Gasteiger partial charge in [-0.25, -0.2) is 8.42 Å². The highest BCUT2D eigenvalue weighted by molar-refractivity contribution is 7.89. The van der Waals surface area contributed by atoms with Gasteiger partial charge in [0.15, 0.2) is 0 Å². The molecule has 0 unspecified atom stereocenters. The van der Waals surface area contributed by atoms with E-state index in [-0.39, 0.29) is 29.1 Å². The van der Waals surface area contributed by atoms with Crippen LogP contribution in [-0.4, -0.2) is 50.0 Å². The monoisotopic (exact) mass is 408 g/mol. The van der Waals surface area contributed by atoms with Crippen molar-refractivity contribution < 1.29 is 17.9 Å². The summed E-state index contributed by atoms with van der Waals surface area (Å²) in [5.74, 6) is 0.795. The van der Waals surface area contributed by atoms with E-state index in [4.69, 9.17) is 4.74 Å². The molecule has 1 heterocycles. The second kappa shape index (κ2) is 8.51. The molecule has 3 rings (SSSR count). The number of sulfonamides is 1. The number of hydrogen-bond acceptors (Lipinski definition) is 4. The summed E-state index contributed by atoms with van der Waals surface area (Å²) in [5.41, 5.74) is 0.390. The van der Waals surface area contributed by atoms with Crippen LogP contribution in [0.25, 0.3) is 0 Å². The van der Waals surface area contributed by atoms with Gasteiger partial charge in [0.1, 0.15) is 0 Å². The van der Waals surface area contributed by atoms with E-state index in [1.54, 1.807) is 18.2 Å². The van der Waals surface area contributed by atoms with Gasteiger partial charge in [-0.3, -0.25) is 4.79 Å². The lowest BCUT2D eigenvalue weighted by Crippen LogP contribution is -2.48. The number of nitrogens with zero attached hydrogens (tertiary/aromatic N) is 1. The molecule has 1 aromatic rings. The molecule has 0 bridgehead atoms. The summed E-state index contributed by atoms with van der Waals surface area (Å²) in [5, 5.41) is 3.12. The Morgan fingerprint density at radius 1 is 1.11 bits per heavy atom. The number of carbonyl (C=O) groups excluding carboxylic acids is 1. The summed E-state index contributed by atoms with van der Waals surface area (Å²) < 4.78 is 33.2. The SMILES string of the molecule is C[C@H]1[C@H](C)CCC[C@@H]1NC(=O)c1cccc(S(=O)(=O)N2C[C@@H](C)O[C@H](C)C2)c1. The van der Waals surface area contributed by atoms with E-state index in [1.165, 1.54) is 16.8 Å². The standard InChI is InChI=1S/C21H32N2O4S/c1-14-7-5-10-20(17(14)4)22-21(24)18-8-6-9-19(11-18)28(25,26)23-12-15(2)27-16(3)13-23/h6,8-9,11,14-17,20H,5,7,10,12-13H2,1-4H3,(H,22,24)/t14-,15-,16-,17+,20+/m1/s1. The number of ether oxygens (including phenoxy) is 1. The number of carbonyl (C=O) groups is 1. The third-order valence-corrected chi connectivity index (χ3v) is 7.97. The van der Waals surface area contributed by atoms with E-state index in [2.05, 4.69) is 19.2 Å². The molecule has 2 fully saturated rings. The number of hydrogen-bond donors (Lipinski definition) is 1. The molecule has 7 heteroatoms. The van der Waals surface area contributed by atoms with Gasteiger partial charge in [0.05, 0.1) is 17.1 Å². The van der Waals surface area contributed by atoms with Crippen LogP contribution in [0.1, 0.15) is 57.3 Å². The summed E-state index contributed by atoms with van der Waals surface area (Å²) in [6, 6.07) is 6.50. The second-order valence-electron chi connectivity index (χ2n) is 8.45. The van der Waals surface area contributed by atoms with Crippen LogP contribution in [0.4, 0.5) is 0 Å². The van der Waals surface area contributed by atoms with Crippen LogP contribution in [0.15, 0.2) is 29.2 Å². The van der Waals surface area contributed by atoms with Gasteiger partial charge in [-0.15, -0.1) is 0 Å². The second-order valence-corrected chi connectivity index (χ2v) is 10.4. The summed E-state index contributed by atoms with van der Waals surface area (Å²) >= 11 is 0. The van der Waals surface area contributed by atoms with Gasteiger partial charge in [0.2, 0.25) is 10.0 Å². The molecule has 1 amide bonds. The van der Waals surface area contributed by atoms with Crippen LogP contribution >= 0.6 is 0 Å². The molecular weight excluding hydrogens is 376 g/mol. The Balaban J connectivity index is 1.77. The van der Waals surface area contributed by atoms with Crippen molar-refractivity contribution in [3.8, 4) is 0 Å². The molecular formula is C21H32N2O4S. The van der Waals surface area contributed by atoms with Crippen LogP contribution in [0.5, 0.6) is 0 Å². The molecule has 28 heavy (non-hydrogen) atoms. The van der Waals surface area contributed by atoms with Crippen molar-refractivity contribution >= 4 is 15.9 Å². The molecule has 156 valence electrons. The Hall–Kier alpha value is -1.44. The summed E-state index contributed by atoms with van der Waals surface area (Å²) in [4.78, 5) is 12.9. The Bertz CT molecular complexity index is 800. The maximum Gasteiger partial charge on any atom is 0.251 e. The molecule has 1 saturated heterocycles. The molecule has 2 aliphatic rings. The molecule has 0 spiro atoms. The molecule has 0 aromatic heterocycles. The van der Waals surface area contributed by atoms with Crippen LogP contribution in [-0.2, 0) is 14.8 Å². The summed E-state index contributed by atoms with van der Waals surface area (Å²) in [6.07, 6.45) is 2.97. The van der Waals surface area contributed by atoms with E-state index in [0.29, 0.717) is 30.5 Å². The predicted octanol–water partition coefficient (Wildman–Crippen LogP) is 3.04. The highest BCUT2D eigenvalue weighted by Gasteiger charge is 2.33. The first-order valence-electron chi connectivity index (χ1n) is 10.2. The fourth-order valence-electron chi connectivity index (χ4n) is 4.31. The molecule has 1 N–H and O–H groups in total. The maximum absolute atomic E-state index is 13.1. The van der Waals surface area contributed by atoms with Crippen LogP contribution in [0.2, 0.25) is 0 Å². The largest absolute Gasteiger partial charge is 0.373 e. The van der Waals surface area contributed by atoms with Crippen molar-refractivity contribution in [2.75, 3.05) is 13.1 Å². The third-order valence-electron chi connectivity index (χ3n) is 6.14. The van der Waals surface area contributed by atoms with E-state index in [9.17, 15) is 13.2 Å². The van der Waals surface area contributed by atoms with Crippen LogP contribution < -0.4 is 5.32 Å². The fourth-order valence-corrected chi connectivity index (χ4v) is 5.95. The first-order valence-corrected chi connectivity index (χ1v) is 11.7. The van der Waals surface area contributed by atoms with Crippen LogP contribution in [0, 0.1) is 11.8 Å². The van der Waals surface area contributed by atoms with Crippen molar-refractivity contribution in [1.29, 1.82) is 0 Å². The maximum atomic E-state index is 13.1. The lowest BCUT2D eigenvalue weighted by atomic mass is 9.78. The smallest absolute Gasteiger partial charge is 0.251 e. The minimum Gasteiger partial charge on any atom is -0.373 e. The van der Waals surface area contributed by atoms with Gasteiger partial charge < -0.3 is 10.1 Å². The lowest BCUT2D eigenvalue weighted by molar-refractivity contribution is -0.0440. The zero-order valence-electron chi connectivity index (χ0n) is 17.2. The highest BCUT2D eigenvalue weighted by atomic mass is 32.2. The van der Waals surface area contributed by atoms with Crippen molar-refractivity contribution in [3.63, 3.8) is 0 Å². The molecule has 1 saturated carbocycles. The quantitative estimate of drug-likeness (QED) is 0.831. The average molecular weight is 409 g/mol. The minimum absolute atomic E-state index is 0.137. The average Bonchev–Trinajstić information content (AvgIpc) is 2.64. The molecule has 1 aliphatic carbocycles. The Morgan fingerprint density at radius 3 is 2.46 bits per heavy atom. The van der Waals surface area contributed by atoms with Gasteiger partial charge in [-0.2, -0.15) is 4.31 Å². The Morgan fingerprint density at radius 2 is 1.79 bits per heavy atom. The van der Waals surface area contributed by atoms with Crippen molar-refractivity contribution in [2.24, 2.45) is 11.8 Å². The lowest BCUT2D eigenvalue weighted by Gasteiger charge is -2.35. The predicted molar refractivity (Wildman–Crippen MR) is 109 cm³/mol. The van der Waals surface area contributed by atoms with E-state index in [1.807, 2.05) is 13.8 Å². The summed E-state index contributed by atoms with van der Waals surface area (Å²) in [7, 11) is -3.66. The van der Waals surface area contributed by atoms with Gasteiger partial charge >= 0.3 is 0 Å². The van der Waals surface area contributed by atoms with Crippen molar-refractivity contribution in [2.45, 2.75) is 70.1 Å². The zero-order valence-corrected chi connectivity index (χ0v) is 18.0. The molecule has 5 atom stereocenters. The van der Waals surface area contributed by atoms with E-state index in [0.717, 1.165) is 12.8 Å². The zero-order chi connectivity index (χ0) is 20.5. The number of morpholine rings is 1. The number of benzene rings is 1. The number of nitrogens with one attached hydrogen (secondary N) is 1. The molecule has 0 radical (unpaired) electrons. The fraction of sp³-hybridized carbons (Fsp3) is 0.667. The number of amides is 1. The first-order chi connectivity index (χ1) is 13.2. The van der Waals surface area contributed by atoms with E-state index >= 15 is 0 Å².